The molecule has 0 aliphatic carbocycles. The van der Waals surface area contributed by atoms with E-state index in [0.29, 0.717) is 6.26 Å². The molecule has 0 atom stereocenters. The summed E-state index contributed by atoms with van der Waals surface area (Å²) < 4.78 is 72.1. The van der Waals surface area contributed by atoms with Crippen LogP contribution in [0.5, 0.6) is 0 Å². The molecule has 0 saturated carbocycles. The third-order valence-electron chi connectivity index (χ3n) is 1.44. The van der Waals surface area contributed by atoms with Gasteiger partial charge < -0.3 is 0 Å². The van der Waals surface area contributed by atoms with Gasteiger partial charge in [0, 0.05) is 12.3 Å². The molecule has 0 bridgehead atoms. The Kier molecular flexibility index (Phi) is 2.53. The topological polar surface area (TPSA) is 34.1 Å². The first kappa shape index (κ1) is 11.0. The smallest absolute Gasteiger partial charge is 0.181 e. The summed E-state index contributed by atoms with van der Waals surface area (Å²) in [6, 6.07) is -0.0562. The predicted molar refractivity (Wildman–Crippen MR) is 39.4 cm³/mol. The molecule has 14 heavy (non-hydrogen) atoms. The molecule has 78 valence electrons. The Bertz CT molecular complexity index is 455. The molecule has 1 aromatic carbocycles. The summed E-state index contributed by atoms with van der Waals surface area (Å²) in [7, 11) is -4.34. The molecule has 0 aromatic heterocycles. The molecule has 0 heterocycles. The number of hydrogen-bond donors (Lipinski definition) is 0. The standard InChI is InChI=1S/C7H4F4O2S/c1-14(12,13)7-5(10)3(8)2-4(9)6(7)11/h2H,1H3. The first-order valence-electron chi connectivity index (χ1n) is 3.28. The zero-order valence-corrected chi connectivity index (χ0v) is 7.63. The van der Waals surface area contributed by atoms with Crippen LogP contribution in [0.25, 0.3) is 0 Å². The second kappa shape index (κ2) is 3.23. The fourth-order valence-corrected chi connectivity index (χ4v) is 1.72. The van der Waals surface area contributed by atoms with E-state index in [2.05, 4.69) is 0 Å². The first-order valence-corrected chi connectivity index (χ1v) is 5.17. The van der Waals surface area contributed by atoms with Gasteiger partial charge in [0.25, 0.3) is 0 Å². The molecular weight excluding hydrogens is 224 g/mol. The van der Waals surface area contributed by atoms with Crippen LogP contribution in [-0.4, -0.2) is 14.7 Å². The molecule has 0 aliphatic heterocycles. The highest BCUT2D eigenvalue weighted by molar-refractivity contribution is 7.90. The molecule has 0 saturated heterocycles. The van der Waals surface area contributed by atoms with Gasteiger partial charge in [0.15, 0.2) is 33.1 Å². The van der Waals surface area contributed by atoms with Gasteiger partial charge in [0.1, 0.15) is 4.90 Å². The van der Waals surface area contributed by atoms with Crippen molar-refractivity contribution in [2.75, 3.05) is 6.26 Å². The Hall–Kier alpha value is -1.11. The van der Waals surface area contributed by atoms with Crippen molar-refractivity contribution < 1.29 is 26.0 Å². The zero-order valence-electron chi connectivity index (χ0n) is 6.81. The molecule has 0 N–H and O–H groups in total. The van der Waals surface area contributed by atoms with Crippen molar-refractivity contribution >= 4 is 9.84 Å². The van der Waals surface area contributed by atoms with Crippen LogP contribution in [0.3, 0.4) is 0 Å². The van der Waals surface area contributed by atoms with E-state index < -0.39 is 38.0 Å². The summed E-state index contributed by atoms with van der Waals surface area (Å²) in [4.78, 5) is -1.59. The summed E-state index contributed by atoms with van der Waals surface area (Å²) in [5, 5.41) is 0. The molecule has 0 amide bonds. The van der Waals surface area contributed by atoms with E-state index in [4.69, 9.17) is 0 Å². The van der Waals surface area contributed by atoms with E-state index in [9.17, 15) is 26.0 Å². The second-order valence-corrected chi connectivity index (χ2v) is 4.52. The van der Waals surface area contributed by atoms with Crippen LogP contribution in [-0.2, 0) is 9.84 Å². The van der Waals surface area contributed by atoms with E-state index >= 15 is 0 Å². The van der Waals surface area contributed by atoms with Crippen molar-refractivity contribution in [2.45, 2.75) is 4.90 Å². The van der Waals surface area contributed by atoms with Gasteiger partial charge in [-0.15, -0.1) is 0 Å². The third kappa shape index (κ3) is 1.72. The van der Waals surface area contributed by atoms with Crippen molar-refractivity contribution in [1.82, 2.24) is 0 Å². The highest BCUT2D eigenvalue weighted by Crippen LogP contribution is 2.23. The number of benzene rings is 1. The van der Waals surface area contributed by atoms with E-state index in [1.54, 1.807) is 0 Å². The van der Waals surface area contributed by atoms with E-state index in [-0.39, 0.29) is 6.07 Å². The first-order chi connectivity index (χ1) is 6.25. The lowest BCUT2D eigenvalue weighted by atomic mass is 10.3. The monoisotopic (exact) mass is 228 g/mol. The van der Waals surface area contributed by atoms with Crippen LogP contribution >= 0.6 is 0 Å². The second-order valence-electron chi connectivity index (χ2n) is 2.57. The van der Waals surface area contributed by atoms with Gasteiger partial charge in [-0.3, -0.25) is 0 Å². The van der Waals surface area contributed by atoms with Crippen LogP contribution in [0.1, 0.15) is 0 Å². The highest BCUT2D eigenvalue weighted by Gasteiger charge is 2.26. The highest BCUT2D eigenvalue weighted by atomic mass is 32.2. The normalized spacial score (nSPS) is 11.8. The van der Waals surface area contributed by atoms with E-state index in [1.165, 1.54) is 0 Å². The maximum atomic E-state index is 12.8. The van der Waals surface area contributed by atoms with E-state index in [0.717, 1.165) is 0 Å². The van der Waals surface area contributed by atoms with Crippen LogP contribution < -0.4 is 0 Å². The van der Waals surface area contributed by atoms with Gasteiger partial charge in [-0.25, -0.2) is 26.0 Å². The summed E-state index contributed by atoms with van der Waals surface area (Å²) in [6.45, 7) is 0. The minimum Gasteiger partial charge on any atom is -0.224 e. The SMILES string of the molecule is CS(=O)(=O)c1c(F)c(F)cc(F)c1F. The summed E-state index contributed by atoms with van der Waals surface area (Å²) in [5.74, 6) is -7.31. The lowest BCUT2D eigenvalue weighted by molar-refractivity contribution is 0.420. The van der Waals surface area contributed by atoms with Crippen molar-refractivity contribution in [2.24, 2.45) is 0 Å². The number of sulfone groups is 1. The summed E-state index contributed by atoms with van der Waals surface area (Å²) >= 11 is 0. The molecule has 0 radical (unpaired) electrons. The number of halogens is 4. The van der Waals surface area contributed by atoms with Crippen LogP contribution in [0.2, 0.25) is 0 Å². The minimum atomic E-state index is -4.34. The fourth-order valence-electron chi connectivity index (χ4n) is 0.877. The Morgan fingerprint density at radius 1 is 1.00 bits per heavy atom. The molecule has 0 aliphatic rings. The molecule has 1 aromatic rings. The molecule has 7 heteroatoms. The molecule has 0 spiro atoms. The van der Waals surface area contributed by atoms with Crippen LogP contribution in [0.15, 0.2) is 11.0 Å². The molecule has 1 rings (SSSR count). The Labute approximate surface area is 77.1 Å². The van der Waals surface area contributed by atoms with Gasteiger partial charge in [-0.1, -0.05) is 0 Å². The largest absolute Gasteiger partial charge is 0.224 e. The average Bonchev–Trinajstić information content (AvgIpc) is 1.98. The minimum absolute atomic E-state index is 0.0562. The predicted octanol–water partition coefficient (Wildman–Crippen LogP) is 1.65. The lowest BCUT2D eigenvalue weighted by Gasteiger charge is -2.03. The van der Waals surface area contributed by atoms with Crippen LogP contribution in [0.4, 0.5) is 17.6 Å². The van der Waals surface area contributed by atoms with Crippen molar-refractivity contribution in [3.63, 3.8) is 0 Å². The Balaban J connectivity index is 3.74. The van der Waals surface area contributed by atoms with Crippen molar-refractivity contribution in [3.05, 3.63) is 29.3 Å². The third-order valence-corrected chi connectivity index (χ3v) is 2.54. The van der Waals surface area contributed by atoms with Gasteiger partial charge in [-0.2, -0.15) is 0 Å². The van der Waals surface area contributed by atoms with Crippen molar-refractivity contribution in [1.29, 1.82) is 0 Å². The fraction of sp³-hybridized carbons (Fsp3) is 0.143. The quantitative estimate of drug-likeness (QED) is 0.541. The number of rotatable bonds is 1. The average molecular weight is 228 g/mol. The molecule has 2 nitrogen and oxygen atoms in total. The van der Waals surface area contributed by atoms with Gasteiger partial charge in [-0.05, 0) is 0 Å². The molecular formula is C7H4F4O2S. The van der Waals surface area contributed by atoms with Gasteiger partial charge >= 0.3 is 0 Å². The summed E-state index contributed by atoms with van der Waals surface area (Å²) in [5.41, 5.74) is 0. The maximum Gasteiger partial charge on any atom is 0.181 e. The Morgan fingerprint density at radius 3 is 1.64 bits per heavy atom. The van der Waals surface area contributed by atoms with Gasteiger partial charge in [0.2, 0.25) is 0 Å². The van der Waals surface area contributed by atoms with Gasteiger partial charge in [0.05, 0.1) is 0 Å². The lowest BCUT2D eigenvalue weighted by Crippen LogP contribution is -2.08. The number of hydrogen-bond acceptors (Lipinski definition) is 2. The van der Waals surface area contributed by atoms with E-state index in [1.807, 2.05) is 0 Å². The van der Waals surface area contributed by atoms with Crippen LogP contribution in [0, 0.1) is 23.3 Å². The molecule has 0 unspecified atom stereocenters. The Morgan fingerprint density at radius 2 is 1.36 bits per heavy atom. The summed E-state index contributed by atoms with van der Waals surface area (Å²) in [6.07, 6.45) is 0.452. The zero-order chi connectivity index (χ0) is 11.1. The van der Waals surface area contributed by atoms with Crippen molar-refractivity contribution in [3.8, 4) is 0 Å². The molecule has 0 fully saturated rings. The maximum absolute atomic E-state index is 12.8.